The summed E-state index contributed by atoms with van der Waals surface area (Å²) in [6.07, 6.45) is 1.72. The van der Waals surface area contributed by atoms with E-state index < -0.39 is 0 Å². The second-order valence-electron chi connectivity index (χ2n) is 3.40. The zero-order valence-corrected chi connectivity index (χ0v) is 9.71. The molecule has 0 saturated carbocycles. The van der Waals surface area contributed by atoms with Gasteiger partial charge in [0.25, 0.3) is 0 Å². The normalized spacial score (nSPS) is 11.2. The van der Waals surface area contributed by atoms with Crippen molar-refractivity contribution in [2.75, 3.05) is 26.4 Å². The first-order valence-corrected chi connectivity index (χ1v) is 5.52. The van der Waals surface area contributed by atoms with Crippen LogP contribution in [-0.2, 0) is 13.7 Å². The standard InChI is InChI=1S/C9H17N3OS/c1-11(2)4-5-14-9-10-6-8(7-13)12(9)3/h6,13H,4-5,7H2,1-3H3. The molecule has 0 amide bonds. The van der Waals surface area contributed by atoms with Gasteiger partial charge in [0.1, 0.15) is 0 Å². The number of rotatable bonds is 5. The predicted molar refractivity (Wildman–Crippen MR) is 58.4 cm³/mol. The van der Waals surface area contributed by atoms with Gasteiger partial charge < -0.3 is 14.6 Å². The molecule has 0 unspecified atom stereocenters. The molecule has 0 aromatic carbocycles. The van der Waals surface area contributed by atoms with Crippen LogP contribution in [0.5, 0.6) is 0 Å². The fraction of sp³-hybridized carbons (Fsp3) is 0.667. The molecule has 0 bridgehead atoms. The van der Waals surface area contributed by atoms with Gasteiger partial charge in [-0.3, -0.25) is 0 Å². The second kappa shape index (κ2) is 5.38. The van der Waals surface area contributed by atoms with Crippen molar-refractivity contribution in [2.24, 2.45) is 7.05 Å². The van der Waals surface area contributed by atoms with E-state index in [1.165, 1.54) is 0 Å². The van der Waals surface area contributed by atoms with Gasteiger partial charge in [0.15, 0.2) is 5.16 Å². The Hall–Kier alpha value is -0.520. The molecular weight excluding hydrogens is 198 g/mol. The number of hydrogen-bond acceptors (Lipinski definition) is 4. The van der Waals surface area contributed by atoms with Gasteiger partial charge in [-0.25, -0.2) is 4.98 Å². The molecule has 0 saturated heterocycles. The highest BCUT2D eigenvalue weighted by Crippen LogP contribution is 2.16. The molecule has 0 atom stereocenters. The van der Waals surface area contributed by atoms with Gasteiger partial charge in [-0.2, -0.15) is 0 Å². The Morgan fingerprint density at radius 2 is 2.29 bits per heavy atom. The Kier molecular flexibility index (Phi) is 4.44. The van der Waals surface area contributed by atoms with E-state index in [4.69, 9.17) is 5.11 Å². The molecular formula is C9H17N3OS. The Morgan fingerprint density at radius 1 is 1.57 bits per heavy atom. The third-order valence-corrected chi connectivity index (χ3v) is 3.00. The molecule has 5 heteroatoms. The van der Waals surface area contributed by atoms with Crippen molar-refractivity contribution < 1.29 is 5.11 Å². The molecule has 0 aliphatic heterocycles. The van der Waals surface area contributed by atoms with Gasteiger partial charge in [-0.1, -0.05) is 11.8 Å². The van der Waals surface area contributed by atoms with E-state index in [0.29, 0.717) is 0 Å². The van der Waals surface area contributed by atoms with E-state index in [-0.39, 0.29) is 6.61 Å². The maximum Gasteiger partial charge on any atom is 0.168 e. The van der Waals surface area contributed by atoms with Gasteiger partial charge in [0.05, 0.1) is 18.5 Å². The van der Waals surface area contributed by atoms with Crippen molar-refractivity contribution in [1.82, 2.24) is 14.5 Å². The smallest absolute Gasteiger partial charge is 0.168 e. The fourth-order valence-electron chi connectivity index (χ4n) is 1.03. The summed E-state index contributed by atoms with van der Waals surface area (Å²) >= 11 is 1.71. The van der Waals surface area contributed by atoms with E-state index in [0.717, 1.165) is 23.1 Å². The molecule has 0 radical (unpaired) electrons. The quantitative estimate of drug-likeness (QED) is 0.729. The van der Waals surface area contributed by atoms with Crippen molar-refractivity contribution in [2.45, 2.75) is 11.8 Å². The first-order chi connectivity index (χ1) is 6.65. The van der Waals surface area contributed by atoms with Gasteiger partial charge in [-0.15, -0.1) is 0 Å². The SMILES string of the molecule is CN(C)CCSc1ncc(CO)n1C. The Morgan fingerprint density at radius 3 is 2.79 bits per heavy atom. The summed E-state index contributed by atoms with van der Waals surface area (Å²) in [6.45, 7) is 1.09. The lowest BCUT2D eigenvalue weighted by molar-refractivity contribution is 0.271. The van der Waals surface area contributed by atoms with Crippen molar-refractivity contribution in [3.8, 4) is 0 Å². The third kappa shape index (κ3) is 3.01. The Balaban J connectivity index is 2.46. The highest BCUT2D eigenvalue weighted by Gasteiger charge is 2.05. The number of aliphatic hydroxyl groups is 1. The molecule has 80 valence electrons. The van der Waals surface area contributed by atoms with Crippen LogP contribution in [0.25, 0.3) is 0 Å². The van der Waals surface area contributed by atoms with Crippen molar-refractivity contribution in [3.63, 3.8) is 0 Å². The fourth-order valence-corrected chi connectivity index (χ4v) is 2.10. The van der Waals surface area contributed by atoms with Crippen LogP contribution in [0, 0.1) is 0 Å². The summed E-state index contributed by atoms with van der Waals surface area (Å²) in [4.78, 5) is 6.37. The topological polar surface area (TPSA) is 41.3 Å². The number of hydrogen-bond donors (Lipinski definition) is 1. The van der Waals surface area contributed by atoms with Gasteiger partial charge in [-0.05, 0) is 14.1 Å². The van der Waals surface area contributed by atoms with E-state index in [1.807, 2.05) is 11.6 Å². The number of aromatic nitrogens is 2. The molecule has 0 fully saturated rings. The molecule has 4 nitrogen and oxygen atoms in total. The lowest BCUT2D eigenvalue weighted by Gasteiger charge is -2.08. The van der Waals surface area contributed by atoms with Crippen LogP contribution >= 0.6 is 11.8 Å². The number of aliphatic hydroxyl groups excluding tert-OH is 1. The van der Waals surface area contributed by atoms with Gasteiger partial charge in [0, 0.05) is 19.3 Å². The Labute approximate surface area is 88.9 Å². The molecule has 0 spiro atoms. The molecule has 0 aliphatic carbocycles. The van der Waals surface area contributed by atoms with E-state index in [2.05, 4.69) is 24.0 Å². The molecule has 1 aromatic rings. The number of thioether (sulfide) groups is 1. The molecule has 1 N–H and O–H groups in total. The van der Waals surface area contributed by atoms with Crippen LogP contribution < -0.4 is 0 Å². The molecule has 1 rings (SSSR count). The first kappa shape index (κ1) is 11.6. The van der Waals surface area contributed by atoms with Crippen LogP contribution in [0.1, 0.15) is 5.69 Å². The molecule has 1 aromatic heterocycles. The van der Waals surface area contributed by atoms with Crippen molar-refractivity contribution in [1.29, 1.82) is 0 Å². The van der Waals surface area contributed by atoms with E-state index in [1.54, 1.807) is 18.0 Å². The third-order valence-electron chi connectivity index (χ3n) is 1.97. The van der Waals surface area contributed by atoms with Crippen molar-refractivity contribution in [3.05, 3.63) is 11.9 Å². The van der Waals surface area contributed by atoms with Crippen LogP contribution in [0.4, 0.5) is 0 Å². The summed E-state index contributed by atoms with van der Waals surface area (Å²) in [5, 5.41) is 9.94. The predicted octanol–water partition coefficient (Wildman–Crippen LogP) is 0.566. The Bertz CT molecular complexity index is 286. The molecule has 0 aliphatic rings. The van der Waals surface area contributed by atoms with E-state index >= 15 is 0 Å². The van der Waals surface area contributed by atoms with Crippen LogP contribution in [0.15, 0.2) is 11.4 Å². The molecule has 1 heterocycles. The van der Waals surface area contributed by atoms with E-state index in [9.17, 15) is 0 Å². The summed E-state index contributed by atoms with van der Waals surface area (Å²) in [7, 11) is 6.03. The lowest BCUT2D eigenvalue weighted by atomic mass is 10.5. The van der Waals surface area contributed by atoms with Gasteiger partial charge in [0.2, 0.25) is 0 Å². The number of nitrogens with zero attached hydrogens (tertiary/aromatic N) is 3. The minimum absolute atomic E-state index is 0.0533. The van der Waals surface area contributed by atoms with Crippen LogP contribution in [0.2, 0.25) is 0 Å². The highest BCUT2D eigenvalue weighted by atomic mass is 32.2. The summed E-state index contributed by atoms with van der Waals surface area (Å²) < 4.78 is 1.93. The summed E-state index contributed by atoms with van der Waals surface area (Å²) in [5.41, 5.74) is 0.859. The van der Waals surface area contributed by atoms with Gasteiger partial charge >= 0.3 is 0 Å². The monoisotopic (exact) mass is 215 g/mol. The maximum atomic E-state index is 8.97. The number of imidazole rings is 1. The summed E-state index contributed by atoms with van der Waals surface area (Å²) in [5.74, 6) is 1.02. The average molecular weight is 215 g/mol. The first-order valence-electron chi connectivity index (χ1n) is 4.54. The van der Waals surface area contributed by atoms with Crippen LogP contribution in [0.3, 0.4) is 0 Å². The lowest BCUT2D eigenvalue weighted by Crippen LogP contribution is -2.15. The maximum absolute atomic E-state index is 8.97. The summed E-state index contributed by atoms with van der Waals surface area (Å²) in [6, 6.07) is 0. The largest absolute Gasteiger partial charge is 0.390 e. The zero-order valence-electron chi connectivity index (χ0n) is 8.90. The average Bonchev–Trinajstić information content (AvgIpc) is 2.47. The molecule has 14 heavy (non-hydrogen) atoms. The van der Waals surface area contributed by atoms with Crippen LogP contribution in [-0.4, -0.2) is 46.0 Å². The second-order valence-corrected chi connectivity index (χ2v) is 4.46. The minimum atomic E-state index is 0.0533. The van der Waals surface area contributed by atoms with Crippen molar-refractivity contribution >= 4 is 11.8 Å². The zero-order chi connectivity index (χ0) is 10.6. The highest BCUT2D eigenvalue weighted by molar-refractivity contribution is 7.99. The minimum Gasteiger partial charge on any atom is -0.390 e.